The number of hydrogen-bond donors (Lipinski definition) is 0. The van der Waals surface area contributed by atoms with E-state index in [4.69, 9.17) is 23.2 Å². The van der Waals surface area contributed by atoms with E-state index < -0.39 is 0 Å². The Balaban J connectivity index is 1.98. The minimum atomic E-state index is 0.0753. The third-order valence-corrected chi connectivity index (χ3v) is 5.03. The Labute approximate surface area is 149 Å². The molecule has 116 valence electrons. The van der Waals surface area contributed by atoms with E-state index in [1.807, 2.05) is 61.5 Å². The fraction of sp³-hybridized carbons (Fsp3) is 0.111. The summed E-state index contributed by atoms with van der Waals surface area (Å²) in [6.45, 7) is 1.96. The van der Waals surface area contributed by atoms with Crippen molar-refractivity contribution in [1.29, 1.82) is 0 Å². The highest BCUT2D eigenvalue weighted by Crippen LogP contribution is 2.39. The van der Waals surface area contributed by atoms with Crippen molar-refractivity contribution in [3.05, 3.63) is 87.7 Å². The molecule has 0 saturated carbocycles. The fourth-order valence-electron chi connectivity index (χ4n) is 2.19. The molecule has 0 unspecified atom stereocenters. The number of hydrogen-bond acceptors (Lipinski definition) is 3. The summed E-state index contributed by atoms with van der Waals surface area (Å²) in [5, 5.41) is 2.27. The normalized spacial score (nSPS) is 11.0. The van der Waals surface area contributed by atoms with Crippen molar-refractivity contribution in [2.75, 3.05) is 0 Å². The van der Waals surface area contributed by atoms with E-state index in [-0.39, 0.29) is 5.25 Å². The van der Waals surface area contributed by atoms with Gasteiger partial charge in [0.25, 0.3) is 0 Å². The number of thioether (sulfide) groups is 1. The molecule has 2 aromatic carbocycles. The monoisotopic (exact) mass is 360 g/mol. The molecule has 23 heavy (non-hydrogen) atoms. The second kappa shape index (κ2) is 7.35. The maximum absolute atomic E-state index is 6.02. The van der Waals surface area contributed by atoms with Gasteiger partial charge in [-0.1, -0.05) is 59.2 Å². The second-order valence-corrected chi connectivity index (χ2v) is 7.03. The number of nitrogens with zero attached hydrogens (tertiary/aromatic N) is 2. The summed E-state index contributed by atoms with van der Waals surface area (Å²) < 4.78 is 0. The van der Waals surface area contributed by atoms with Crippen LogP contribution in [0.3, 0.4) is 0 Å². The maximum atomic E-state index is 6.02. The van der Waals surface area contributed by atoms with Crippen molar-refractivity contribution in [2.24, 2.45) is 0 Å². The van der Waals surface area contributed by atoms with Crippen LogP contribution in [0.1, 0.15) is 22.1 Å². The van der Waals surface area contributed by atoms with Gasteiger partial charge in [-0.05, 0) is 48.4 Å². The van der Waals surface area contributed by atoms with Gasteiger partial charge < -0.3 is 0 Å². The lowest BCUT2D eigenvalue weighted by atomic mass is 10.0. The van der Waals surface area contributed by atoms with Gasteiger partial charge in [0, 0.05) is 21.9 Å². The molecule has 1 aromatic heterocycles. The van der Waals surface area contributed by atoms with Crippen LogP contribution in [0.4, 0.5) is 0 Å². The van der Waals surface area contributed by atoms with Crippen molar-refractivity contribution < 1.29 is 0 Å². The molecule has 0 aliphatic carbocycles. The summed E-state index contributed by atoms with van der Waals surface area (Å²) in [5.41, 5.74) is 3.24. The molecule has 2 nitrogen and oxygen atoms in total. The third-order valence-electron chi connectivity index (χ3n) is 3.34. The summed E-state index contributed by atoms with van der Waals surface area (Å²) in [6.07, 6.45) is 1.78. The lowest BCUT2D eigenvalue weighted by Gasteiger charge is -2.17. The number of aryl methyl sites for hydroxylation is 1. The summed E-state index contributed by atoms with van der Waals surface area (Å²) in [4.78, 5) is 8.86. The summed E-state index contributed by atoms with van der Waals surface area (Å²) in [5.74, 6) is 0. The molecule has 1 heterocycles. The summed E-state index contributed by atoms with van der Waals surface area (Å²) in [7, 11) is 0. The molecule has 0 amide bonds. The molecule has 0 spiro atoms. The minimum Gasteiger partial charge on any atom is -0.231 e. The van der Waals surface area contributed by atoms with Gasteiger partial charge in [-0.15, -0.1) is 0 Å². The van der Waals surface area contributed by atoms with Gasteiger partial charge in [-0.3, -0.25) is 0 Å². The Morgan fingerprint density at radius 2 is 1.35 bits per heavy atom. The van der Waals surface area contributed by atoms with Crippen molar-refractivity contribution >= 4 is 35.0 Å². The molecule has 0 N–H and O–H groups in total. The van der Waals surface area contributed by atoms with Gasteiger partial charge in [0.05, 0.1) is 5.25 Å². The average Bonchev–Trinajstić information content (AvgIpc) is 2.55. The van der Waals surface area contributed by atoms with Crippen molar-refractivity contribution in [3.8, 4) is 0 Å². The topological polar surface area (TPSA) is 25.8 Å². The van der Waals surface area contributed by atoms with Gasteiger partial charge in [-0.25, -0.2) is 9.97 Å². The van der Waals surface area contributed by atoms with E-state index in [1.54, 1.807) is 18.0 Å². The first kappa shape index (κ1) is 16.3. The zero-order chi connectivity index (χ0) is 16.2. The van der Waals surface area contributed by atoms with E-state index in [0.29, 0.717) is 0 Å². The molecular formula is C18H14Cl2N2S. The number of halogens is 2. The van der Waals surface area contributed by atoms with Crippen LogP contribution >= 0.6 is 35.0 Å². The first-order valence-electron chi connectivity index (χ1n) is 7.09. The van der Waals surface area contributed by atoms with E-state index in [2.05, 4.69) is 9.97 Å². The number of rotatable bonds is 4. The van der Waals surface area contributed by atoms with Crippen LogP contribution in [-0.4, -0.2) is 9.97 Å². The predicted octanol–water partition coefficient (Wildman–Crippen LogP) is 5.97. The predicted molar refractivity (Wildman–Crippen MR) is 97.4 cm³/mol. The lowest BCUT2D eigenvalue weighted by Crippen LogP contribution is -1.99. The van der Waals surface area contributed by atoms with Crippen LogP contribution in [-0.2, 0) is 0 Å². The zero-order valence-electron chi connectivity index (χ0n) is 12.4. The summed E-state index contributed by atoms with van der Waals surface area (Å²) in [6, 6.07) is 17.6. The van der Waals surface area contributed by atoms with Gasteiger partial charge in [0.15, 0.2) is 5.16 Å². The molecule has 0 bridgehead atoms. The largest absolute Gasteiger partial charge is 0.231 e. The smallest absolute Gasteiger partial charge is 0.188 e. The summed E-state index contributed by atoms with van der Waals surface area (Å²) >= 11 is 13.6. The Hall–Kier alpha value is -1.55. The molecule has 0 aliphatic heterocycles. The van der Waals surface area contributed by atoms with Crippen LogP contribution in [0.2, 0.25) is 10.0 Å². The van der Waals surface area contributed by atoms with Crippen LogP contribution < -0.4 is 0 Å². The minimum absolute atomic E-state index is 0.0753. The van der Waals surface area contributed by atoms with E-state index >= 15 is 0 Å². The highest BCUT2D eigenvalue weighted by Gasteiger charge is 2.17. The van der Waals surface area contributed by atoms with Crippen LogP contribution in [0.5, 0.6) is 0 Å². The second-order valence-electron chi connectivity index (χ2n) is 5.08. The fourth-order valence-corrected chi connectivity index (χ4v) is 3.56. The molecule has 5 heteroatoms. The van der Waals surface area contributed by atoms with Crippen LogP contribution in [0.15, 0.2) is 66.0 Å². The average molecular weight is 361 g/mol. The van der Waals surface area contributed by atoms with Crippen molar-refractivity contribution in [2.45, 2.75) is 17.3 Å². The Morgan fingerprint density at radius 3 is 1.83 bits per heavy atom. The van der Waals surface area contributed by atoms with E-state index in [9.17, 15) is 0 Å². The SMILES string of the molecule is Cc1ccnc(SC(c2ccc(Cl)cc2)c2ccc(Cl)cc2)n1. The van der Waals surface area contributed by atoms with E-state index in [1.165, 1.54) is 0 Å². The Morgan fingerprint density at radius 1 is 0.826 bits per heavy atom. The Bertz CT molecular complexity index is 743. The molecule has 0 atom stereocenters. The van der Waals surface area contributed by atoms with E-state index in [0.717, 1.165) is 32.0 Å². The van der Waals surface area contributed by atoms with Gasteiger partial charge in [0.2, 0.25) is 0 Å². The van der Waals surface area contributed by atoms with Crippen molar-refractivity contribution in [1.82, 2.24) is 9.97 Å². The van der Waals surface area contributed by atoms with Crippen LogP contribution in [0.25, 0.3) is 0 Å². The first-order chi connectivity index (χ1) is 11.1. The molecule has 3 rings (SSSR count). The first-order valence-corrected chi connectivity index (χ1v) is 8.72. The number of benzene rings is 2. The van der Waals surface area contributed by atoms with Crippen molar-refractivity contribution in [3.63, 3.8) is 0 Å². The highest BCUT2D eigenvalue weighted by molar-refractivity contribution is 7.99. The maximum Gasteiger partial charge on any atom is 0.188 e. The molecule has 0 radical (unpaired) electrons. The molecule has 0 aliphatic rings. The lowest BCUT2D eigenvalue weighted by molar-refractivity contribution is 0.926. The molecule has 3 aromatic rings. The molecule has 0 fully saturated rings. The van der Waals surface area contributed by atoms with Crippen LogP contribution in [0, 0.1) is 6.92 Å². The third kappa shape index (κ3) is 4.25. The van der Waals surface area contributed by atoms with Gasteiger partial charge >= 0.3 is 0 Å². The molecular weight excluding hydrogens is 347 g/mol. The quantitative estimate of drug-likeness (QED) is 0.423. The van der Waals surface area contributed by atoms with Gasteiger partial charge in [0.1, 0.15) is 0 Å². The number of aromatic nitrogens is 2. The molecule has 0 saturated heterocycles. The standard InChI is InChI=1S/C18H14Cl2N2S/c1-12-10-11-21-18(22-12)23-17(13-2-6-15(19)7-3-13)14-4-8-16(20)9-5-14/h2-11,17H,1H3. The van der Waals surface area contributed by atoms with Gasteiger partial charge in [-0.2, -0.15) is 0 Å². The zero-order valence-corrected chi connectivity index (χ0v) is 14.7. The highest BCUT2D eigenvalue weighted by atomic mass is 35.5. The Kier molecular flexibility index (Phi) is 5.21.